The lowest BCUT2D eigenvalue weighted by molar-refractivity contribution is -0.297. The van der Waals surface area contributed by atoms with Gasteiger partial charge in [0.1, 0.15) is 30.4 Å². The number of nitrogens with zero attached hydrogens (tertiary/aromatic N) is 5. The molecule has 2 aromatic rings. The number of carbonyl (C=O) groups is 3. The van der Waals surface area contributed by atoms with Crippen LogP contribution in [0, 0.1) is 29.6 Å². The Labute approximate surface area is 396 Å². The second-order valence-corrected chi connectivity index (χ2v) is 21.9. The van der Waals surface area contributed by atoms with Gasteiger partial charge in [-0.25, -0.2) is 22.5 Å². The van der Waals surface area contributed by atoms with Crippen LogP contribution in [0.3, 0.4) is 0 Å². The molecule has 16 nitrogen and oxygen atoms in total. The van der Waals surface area contributed by atoms with Gasteiger partial charge in [0.15, 0.2) is 21.9 Å². The second-order valence-electron chi connectivity index (χ2n) is 19.9. The van der Waals surface area contributed by atoms with Gasteiger partial charge in [0.05, 0.1) is 41.0 Å². The Morgan fingerprint density at radius 2 is 1.81 bits per heavy atom. The molecule has 67 heavy (non-hydrogen) atoms. The van der Waals surface area contributed by atoms with E-state index in [0.29, 0.717) is 43.6 Å². The first-order valence-corrected chi connectivity index (χ1v) is 25.5. The molecule has 374 valence electrons. The van der Waals surface area contributed by atoms with E-state index in [1.807, 2.05) is 39.6 Å². The number of aliphatic hydroxyl groups excluding tert-OH is 1. The number of benzene rings is 1. The number of aliphatic hydroxyl groups is 2. The van der Waals surface area contributed by atoms with Crippen molar-refractivity contribution in [3.8, 4) is 0 Å². The monoisotopic (exact) mass is 960 g/mol. The van der Waals surface area contributed by atoms with E-state index >= 15 is 0 Å². The smallest absolute Gasteiger partial charge is 0.316 e. The van der Waals surface area contributed by atoms with Crippen molar-refractivity contribution in [2.75, 3.05) is 33.1 Å². The Morgan fingerprint density at radius 3 is 2.42 bits per heavy atom. The molecule has 14 atom stereocenters. The van der Waals surface area contributed by atoms with Gasteiger partial charge in [-0.2, -0.15) is 0 Å². The molecule has 0 aliphatic carbocycles. The molecule has 1 amide bonds. The minimum absolute atomic E-state index is 0.0830. The highest BCUT2D eigenvalue weighted by Gasteiger charge is 2.52. The van der Waals surface area contributed by atoms with Crippen molar-refractivity contribution in [2.24, 2.45) is 34.6 Å². The number of aliphatic imine (C=N–C) groups is 1. The third kappa shape index (κ3) is 12.9. The van der Waals surface area contributed by atoms with Crippen LogP contribution in [-0.4, -0.2) is 143 Å². The molecule has 3 saturated heterocycles. The molecule has 3 aliphatic heterocycles. The number of rotatable bonds is 12. The van der Waals surface area contributed by atoms with Crippen LogP contribution in [0.5, 0.6) is 0 Å². The average Bonchev–Trinajstić information content (AvgIpc) is 3.74. The first kappa shape index (κ1) is 54.2. The fraction of sp³-hybridized carbons (Fsp3) is 0.714. The number of cyclic esters (lactones) is 1. The molecule has 3 fully saturated rings. The second kappa shape index (κ2) is 22.3. The van der Waals surface area contributed by atoms with Crippen LogP contribution < -0.4 is 0 Å². The Balaban J connectivity index is 1.43. The number of alkyl halides is 1. The Kier molecular flexibility index (Phi) is 18.0. The van der Waals surface area contributed by atoms with Crippen LogP contribution in [0.15, 0.2) is 52.5 Å². The number of ether oxygens (including phenoxy) is 4. The maximum absolute atomic E-state index is 14.6. The van der Waals surface area contributed by atoms with Gasteiger partial charge in [-0.3, -0.25) is 14.4 Å². The van der Waals surface area contributed by atoms with Gasteiger partial charge in [0.25, 0.3) is 0 Å². The van der Waals surface area contributed by atoms with Crippen LogP contribution in [0.2, 0.25) is 0 Å². The van der Waals surface area contributed by atoms with Crippen molar-refractivity contribution >= 4 is 33.2 Å². The number of fused-ring (bicyclic) bond motifs is 5. The minimum Gasteiger partial charge on any atom is -0.459 e. The van der Waals surface area contributed by atoms with Crippen molar-refractivity contribution in [3.05, 3.63) is 53.9 Å². The molecule has 0 radical (unpaired) electrons. The zero-order valence-electron chi connectivity index (χ0n) is 41.2. The van der Waals surface area contributed by atoms with Gasteiger partial charge in [-0.15, -0.1) is 5.10 Å². The fourth-order valence-corrected chi connectivity index (χ4v) is 11.1. The normalized spacial score (nSPS) is 35.1. The number of likely N-dealkylation sites (N-methyl/N-ethyl adjacent to an activating group) is 1. The number of ketones is 1. The number of esters is 1. The van der Waals surface area contributed by atoms with E-state index < -0.39 is 118 Å². The van der Waals surface area contributed by atoms with E-state index in [-0.39, 0.29) is 30.8 Å². The maximum Gasteiger partial charge on any atom is 0.316 e. The summed E-state index contributed by atoms with van der Waals surface area (Å²) in [5, 5.41) is 33.0. The van der Waals surface area contributed by atoms with Crippen molar-refractivity contribution < 1.29 is 56.4 Å². The topological polar surface area (TPSA) is 209 Å². The van der Waals surface area contributed by atoms with Gasteiger partial charge in [-0.05, 0) is 103 Å². The molecule has 0 spiro atoms. The Hall–Kier alpha value is -3.78. The minimum atomic E-state index is -3.37. The Morgan fingerprint density at radius 1 is 1.13 bits per heavy atom. The number of sulfone groups is 1. The Bertz CT molecular complexity index is 2200. The summed E-state index contributed by atoms with van der Waals surface area (Å²) in [5.74, 6) is -5.38. The van der Waals surface area contributed by atoms with Crippen LogP contribution in [0.25, 0.3) is 0 Å². The predicted octanol–water partition coefficient (Wildman–Crippen LogP) is 5.48. The zero-order chi connectivity index (χ0) is 49.8. The summed E-state index contributed by atoms with van der Waals surface area (Å²) < 4.78 is 65.7. The number of aromatic nitrogens is 3. The molecule has 18 heteroatoms. The highest BCUT2D eigenvalue weighted by molar-refractivity contribution is 7.90. The van der Waals surface area contributed by atoms with Crippen molar-refractivity contribution in [1.29, 1.82) is 0 Å². The SMILES string of the molecule is C=C1CC[C@@H]2[C@@H](C)/C(=N/C(C)=O)[C@H](C)C[C@@](C)(OC1)[C@H](O[C@@H]1O[C@H](C)C[C@H](N(C)CCc3cn([C@H](CF)Cc4ccc(S(C)(=O)=O)cc4)nn3)[C@H]1O)[C@@H](C)C(=O)[C@@H](C)C(=O)O[C@H](CC)[C@@]2(C)O. The van der Waals surface area contributed by atoms with Gasteiger partial charge < -0.3 is 34.1 Å². The van der Waals surface area contributed by atoms with Gasteiger partial charge >= 0.3 is 5.97 Å². The van der Waals surface area contributed by atoms with Crippen molar-refractivity contribution in [1.82, 2.24) is 19.9 Å². The quantitative estimate of drug-likeness (QED) is 0.154. The lowest BCUT2D eigenvalue weighted by Crippen LogP contribution is -2.60. The summed E-state index contributed by atoms with van der Waals surface area (Å²) >= 11 is 0. The summed E-state index contributed by atoms with van der Waals surface area (Å²) in [7, 11) is -1.50. The first-order valence-electron chi connectivity index (χ1n) is 23.6. The lowest BCUT2D eigenvalue weighted by Gasteiger charge is -2.48. The van der Waals surface area contributed by atoms with Crippen LogP contribution in [0.4, 0.5) is 4.39 Å². The first-order chi connectivity index (χ1) is 31.3. The molecular formula is C49H74FN5O11S. The predicted molar refractivity (Wildman–Crippen MR) is 250 cm³/mol. The summed E-state index contributed by atoms with van der Waals surface area (Å²) in [4.78, 5) is 48.0. The van der Waals surface area contributed by atoms with E-state index in [0.717, 1.165) is 17.4 Å². The van der Waals surface area contributed by atoms with Crippen LogP contribution in [0.1, 0.15) is 112 Å². The number of Topliss-reactive ketones (excluding diaryl/α,β-unsaturated/α-hetero) is 1. The molecule has 2 N–H and O–H groups in total. The van der Waals surface area contributed by atoms with Crippen LogP contribution >= 0.6 is 0 Å². The number of halogens is 1. The van der Waals surface area contributed by atoms with E-state index in [9.17, 15) is 37.4 Å². The van der Waals surface area contributed by atoms with E-state index in [2.05, 4.69) is 21.9 Å². The third-order valence-corrected chi connectivity index (χ3v) is 15.5. The van der Waals surface area contributed by atoms with Crippen molar-refractivity contribution in [3.63, 3.8) is 0 Å². The summed E-state index contributed by atoms with van der Waals surface area (Å²) in [6, 6.07) is 5.19. The molecule has 5 rings (SSSR count). The van der Waals surface area contributed by atoms with Gasteiger partial charge in [-0.1, -0.05) is 57.2 Å². The molecule has 1 aromatic carbocycles. The number of carbonyl (C=O) groups excluding carboxylic acids is 3. The highest BCUT2D eigenvalue weighted by atomic mass is 32.2. The average molecular weight is 960 g/mol. The van der Waals surface area contributed by atoms with E-state index in [4.69, 9.17) is 18.9 Å². The van der Waals surface area contributed by atoms with Crippen molar-refractivity contribution in [2.45, 2.75) is 166 Å². The summed E-state index contributed by atoms with van der Waals surface area (Å²) in [5.41, 5.74) is -0.263. The molecule has 2 bridgehead atoms. The fourth-order valence-electron chi connectivity index (χ4n) is 10.5. The van der Waals surface area contributed by atoms with E-state index in [1.165, 1.54) is 30.7 Å². The van der Waals surface area contributed by atoms with Crippen LogP contribution in [-0.2, 0) is 56.0 Å². The number of amides is 1. The number of hydrogen-bond donors (Lipinski definition) is 2. The largest absolute Gasteiger partial charge is 0.459 e. The number of hydrogen-bond acceptors (Lipinski definition) is 14. The summed E-state index contributed by atoms with van der Waals surface area (Å²) in [6.45, 7) is 19.7. The molecular weight excluding hydrogens is 886 g/mol. The molecule has 0 saturated carbocycles. The maximum atomic E-state index is 14.6. The third-order valence-electron chi connectivity index (χ3n) is 14.4. The zero-order valence-corrected chi connectivity index (χ0v) is 42.0. The van der Waals surface area contributed by atoms with Gasteiger partial charge in [0, 0.05) is 55.9 Å². The standard InChI is InChI=1S/C49H74FN5O11S/c1-13-41-49(10,60)39-19-14-28(2)27-63-48(9,24-29(3)42(31(39)5)51-34(8)56)45(32(6)43(57)33(7)46(59)65-41)66-47-44(58)40(22-30(4)64-47)54(11)21-20-36-26-55(53-52-36)37(25-50)23-35-15-17-38(18-16-35)67(12,61)62/h15-18,26,29-33,37,39-41,44-45,47,58,60H,2,13-14,19-25,27H2,1,3-12H3/b51-42+/t29-,30-,31-,32+,33-,37+,39-,40+,41-,44-,45-,47+,48-,49+/m1/s1. The van der Waals surface area contributed by atoms with E-state index in [1.54, 1.807) is 39.1 Å². The summed E-state index contributed by atoms with van der Waals surface area (Å²) in [6.07, 6.45) is 0.303. The molecule has 0 unspecified atom stereocenters. The van der Waals surface area contributed by atoms with Gasteiger partial charge in [0.2, 0.25) is 5.91 Å². The molecule has 1 aromatic heterocycles. The lowest BCUT2D eigenvalue weighted by atomic mass is 9.68. The molecule has 4 heterocycles. The highest BCUT2D eigenvalue weighted by Crippen LogP contribution is 2.43. The molecule has 3 aliphatic rings.